The monoisotopic (exact) mass is 268 g/mol. The molecular formula is C14H21FN2S. The van der Waals surface area contributed by atoms with Crippen molar-refractivity contribution in [2.24, 2.45) is 5.73 Å². The van der Waals surface area contributed by atoms with Crippen molar-refractivity contribution in [2.45, 2.75) is 32.7 Å². The maximum Gasteiger partial charge on any atom is 0.123 e. The molecule has 0 bridgehead atoms. The van der Waals surface area contributed by atoms with Gasteiger partial charge in [-0.1, -0.05) is 38.2 Å². The van der Waals surface area contributed by atoms with E-state index < -0.39 is 0 Å². The quantitative estimate of drug-likeness (QED) is 0.770. The molecule has 100 valence electrons. The number of halogens is 1. The molecule has 1 atom stereocenters. The van der Waals surface area contributed by atoms with Gasteiger partial charge in [0.15, 0.2) is 0 Å². The van der Waals surface area contributed by atoms with Crippen LogP contribution < -0.4 is 5.73 Å². The van der Waals surface area contributed by atoms with E-state index in [9.17, 15) is 4.39 Å². The molecule has 0 spiro atoms. The smallest absolute Gasteiger partial charge is 0.123 e. The highest BCUT2D eigenvalue weighted by Crippen LogP contribution is 2.22. The molecular weight excluding hydrogens is 247 g/mol. The van der Waals surface area contributed by atoms with Gasteiger partial charge in [-0.2, -0.15) is 0 Å². The molecule has 2 N–H and O–H groups in total. The van der Waals surface area contributed by atoms with Crippen LogP contribution in [0.3, 0.4) is 0 Å². The van der Waals surface area contributed by atoms with Crippen molar-refractivity contribution < 1.29 is 4.39 Å². The molecule has 1 aromatic carbocycles. The largest absolute Gasteiger partial charge is 0.392 e. The van der Waals surface area contributed by atoms with Crippen LogP contribution in [0.1, 0.15) is 38.3 Å². The zero-order chi connectivity index (χ0) is 13.5. The number of benzene rings is 1. The third-order valence-electron chi connectivity index (χ3n) is 2.82. The second kappa shape index (κ2) is 7.44. The summed E-state index contributed by atoms with van der Waals surface area (Å²) in [6.07, 6.45) is 2.04. The fraction of sp³-hybridized carbons (Fsp3) is 0.500. The van der Waals surface area contributed by atoms with Crippen LogP contribution >= 0.6 is 12.2 Å². The molecule has 1 aromatic rings. The molecule has 0 aliphatic rings. The first-order valence-corrected chi connectivity index (χ1v) is 6.79. The van der Waals surface area contributed by atoms with E-state index in [4.69, 9.17) is 18.0 Å². The fourth-order valence-corrected chi connectivity index (χ4v) is 2.46. The Morgan fingerprint density at radius 3 is 2.39 bits per heavy atom. The molecule has 0 aromatic heterocycles. The van der Waals surface area contributed by atoms with Crippen LogP contribution in [0, 0.1) is 5.82 Å². The van der Waals surface area contributed by atoms with Crippen LogP contribution in [0.4, 0.5) is 4.39 Å². The van der Waals surface area contributed by atoms with E-state index in [0.717, 1.165) is 31.5 Å². The van der Waals surface area contributed by atoms with Gasteiger partial charge >= 0.3 is 0 Å². The number of rotatable bonds is 7. The normalized spacial score (nSPS) is 12.7. The molecule has 1 unspecified atom stereocenters. The minimum atomic E-state index is -0.248. The summed E-state index contributed by atoms with van der Waals surface area (Å²) < 4.78 is 13.3. The molecule has 0 aliphatic carbocycles. The number of hydrogen-bond acceptors (Lipinski definition) is 2. The zero-order valence-electron chi connectivity index (χ0n) is 11.0. The van der Waals surface area contributed by atoms with Crippen molar-refractivity contribution in [2.75, 3.05) is 13.1 Å². The van der Waals surface area contributed by atoms with Gasteiger partial charge in [0.1, 0.15) is 5.82 Å². The molecule has 0 radical (unpaired) electrons. The molecule has 1 rings (SSSR count). The predicted octanol–water partition coefficient (Wildman–Crippen LogP) is 3.27. The van der Waals surface area contributed by atoms with Crippen LogP contribution in [-0.2, 0) is 0 Å². The van der Waals surface area contributed by atoms with E-state index in [1.54, 1.807) is 6.07 Å². The van der Waals surface area contributed by atoms with Gasteiger partial charge in [-0.25, -0.2) is 4.39 Å². The minimum absolute atomic E-state index is 0.171. The van der Waals surface area contributed by atoms with Gasteiger partial charge < -0.3 is 5.73 Å². The Labute approximate surface area is 114 Å². The first-order chi connectivity index (χ1) is 8.60. The van der Waals surface area contributed by atoms with E-state index >= 15 is 0 Å². The van der Waals surface area contributed by atoms with Gasteiger partial charge in [0.05, 0.1) is 11.0 Å². The Bertz CT molecular complexity index is 389. The van der Waals surface area contributed by atoms with Crippen LogP contribution in [0.15, 0.2) is 24.3 Å². The first kappa shape index (κ1) is 15.1. The average Bonchev–Trinajstić information content (AvgIpc) is 2.29. The van der Waals surface area contributed by atoms with Crippen LogP contribution in [0.2, 0.25) is 0 Å². The highest BCUT2D eigenvalue weighted by molar-refractivity contribution is 7.80. The highest BCUT2D eigenvalue weighted by Gasteiger charge is 2.22. The van der Waals surface area contributed by atoms with Gasteiger partial charge in [-0.3, -0.25) is 4.90 Å². The number of hydrogen-bond donors (Lipinski definition) is 1. The molecule has 2 nitrogen and oxygen atoms in total. The molecule has 0 aliphatic heterocycles. The first-order valence-electron chi connectivity index (χ1n) is 6.39. The number of nitrogens with two attached hydrogens (primary N) is 1. The van der Waals surface area contributed by atoms with Crippen LogP contribution in [0.25, 0.3) is 0 Å². The van der Waals surface area contributed by atoms with E-state index in [2.05, 4.69) is 18.7 Å². The van der Waals surface area contributed by atoms with Gasteiger partial charge in [0.25, 0.3) is 0 Å². The standard InChI is InChI=1S/C14H21FN2S/c1-3-8-17(9-4-2)13(14(16)18)11-6-5-7-12(15)10-11/h5-7,10,13H,3-4,8-9H2,1-2H3,(H2,16,18). The van der Waals surface area contributed by atoms with Gasteiger partial charge in [0, 0.05) is 0 Å². The molecule has 0 saturated carbocycles. The third-order valence-corrected chi connectivity index (χ3v) is 3.04. The summed E-state index contributed by atoms with van der Waals surface area (Å²) >= 11 is 5.16. The average molecular weight is 268 g/mol. The van der Waals surface area contributed by atoms with Crippen molar-refractivity contribution in [1.82, 2.24) is 4.90 Å². The second-order valence-corrected chi connectivity index (χ2v) is 4.87. The van der Waals surface area contributed by atoms with Crippen LogP contribution in [0.5, 0.6) is 0 Å². The molecule has 18 heavy (non-hydrogen) atoms. The molecule has 0 fully saturated rings. The summed E-state index contributed by atoms with van der Waals surface area (Å²) in [7, 11) is 0. The topological polar surface area (TPSA) is 29.3 Å². The molecule has 0 saturated heterocycles. The Balaban J connectivity index is 3.03. The summed E-state index contributed by atoms with van der Waals surface area (Å²) in [5.74, 6) is -0.248. The Hall–Kier alpha value is -1.00. The van der Waals surface area contributed by atoms with Crippen molar-refractivity contribution in [3.63, 3.8) is 0 Å². The van der Waals surface area contributed by atoms with Crippen molar-refractivity contribution in [1.29, 1.82) is 0 Å². The van der Waals surface area contributed by atoms with E-state index in [0.29, 0.717) is 4.99 Å². The van der Waals surface area contributed by atoms with Gasteiger partial charge in [-0.05, 0) is 43.6 Å². The second-order valence-electron chi connectivity index (χ2n) is 4.40. The van der Waals surface area contributed by atoms with E-state index in [1.807, 2.05) is 6.07 Å². The lowest BCUT2D eigenvalue weighted by molar-refractivity contribution is 0.245. The summed E-state index contributed by atoms with van der Waals surface area (Å²) in [6.45, 7) is 6.05. The summed E-state index contributed by atoms with van der Waals surface area (Å²) in [5.41, 5.74) is 6.68. The Kier molecular flexibility index (Phi) is 6.22. The lowest BCUT2D eigenvalue weighted by Gasteiger charge is -2.30. The molecule has 0 amide bonds. The van der Waals surface area contributed by atoms with E-state index in [1.165, 1.54) is 12.1 Å². The van der Waals surface area contributed by atoms with E-state index in [-0.39, 0.29) is 11.9 Å². The van der Waals surface area contributed by atoms with Gasteiger partial charge in [-0.15, -0.1) is 0 Å². The number of nitrogens with zero attached hydrogens (tertiary/aromatic N) is 1. The maximum absolute atomic E-state index is 13.3. The van der Waals surface area contributed by atoms with Crippen molar-refractivity contribution >= 4 is 17.2 Å². The highest BCUT2D eigenvalue weighted by atomic mass is 32.1. The Morgan fingerprint density at radius 2 is 1.94 bits per heavy atom. The molecule has 0 heterocycles. The zero-order valence-corrected chi connectivity index (χ0v) is 11.8. The summed E-state index contributed by atoms with van der Waals surface area (Å²) in [5, 5.41) is 0. The summed E-state index contributed by atoms with van der Waals surface area (Å²) in [4.78, 5) is 2.62. The third kappa shape index (κ3) is 4.03. The predicted molar refractivity (Wildman–Crippen MR) is 78.1 cm³/mol. The van der Waals surface area contributed by atoms with Gasteiger partial charge in [0.2, 0.25) is 0 Å². The van der Waals surface area contributed by atoms with Crippen molar-refractivity contribution in [3.8, 4) is 0 Å². The Morgan fingerprint density at radius 1 is 1.33 bits per heavy atom. The fourth-order valence-electron chi connectivity index (χ4n) is 2.18. The van der Waals surface area contributed by atoms with Crippen molar-refractivity contribution in [3.05, 3.63) is 35.6 Å². The van der Waals surface area contributed by atoms with Crippen LogP contribution in [-0.4, -0.2) is 23.0 Å². The lowest BCUT2D eigenvalue weighted by Crippen LogP contribution is -2.38. The maximum atomic E-state index is 13.3. The lowest BCUT2D eigenvalue weighted by atomic mass is 10.0. The number of thiocarbonyl (C=S) groups is 1. The minimum Gasteiger partial charge on any atom is -0.392 e. The molecule has 4 heteroatoms. The summed E-state index contributed by atoms with van der Waals surface area (Å²) in [6, 6.07) is 6.36. The SMILES string of the molecule is CCCN(CCC)C(C(N)=S)c1cccc(F)c1.